The molecule has 0 bridgehead atoms. The maximum absolute atomic E-state index is 14.6. The number of fused-ring (bicyclic) bond motifs is 1. The predicted octanol–water partition coefficient (Wildman–Crippen LogP) is 1.65. The van der Waals surface area contributed by atoms with Gasteiger partial charge in [-0.15, -0.1) is 0 Å². The Hall–Kier alpha value is -1.66. The molecule has 6 heteroatoms. The number of hydrogen-bond acceptors (Lipinski definition) is 4. The first-order valence-electron chi connectivity index (χ1n) is 8.42. The largest absolute Gasteiger partial charge is 0.378 e. The van der Waals surface area contributed by atoms with Crippen LogP contribution in [0.4, 0.5) is 10.1 Å². The van der Waals surface area contributed by atoms with E-state index < -0.39 is 0 Å². The van der Waals surface area contributed by atoms with Crippen molar-refractivity contribution in [3.05, 3.63) is 29.6 Å². The van der Waals surface area contributed by atoms with Crippen LogP contribution in [-0.4, -0.2) is 49.7 Å². The molecule has 1 aromatic carbocycles. The molecule has 0 saturated carbocycles. The van der Waals surface area contributed by atoms with Crippen molar-refractivity contribution in [2.75, 3.05) is 37.7 Å². The van der Waals surface area contributed by atoms with E-state index in [0.717, 1.165) is 31.4 Å². The number of morpholine rings is 1. The summed E-state index contributed by atoms with van der Waals surface area (Å²) in [6, 6.07) is 5.30. The summed E-state index contributed by atoms with van der Waals surface area (Å²) in [6.45, 7) is 3.58. The van der Waals surface area contributed by atoms with E-state index in [-0.39, 0.29) is 23.9 Å². The Bertz CT molecular complexity index is 604. The molecule has 1 aromatic rings. The monoisotopic (exact) mass is 319 g/mol. The van der Waals surface area contributed by atoms with Crippen LogP contribution in [-0.2, 0) is 9.53 Å². The van der Waals surface area contributed by atoms with Crippen LogP contribution >= 0.6 is 0 Å². The number of nitrogens with zero attached hydrogens (tertiary/aromatic N) is 2. The Balaban J connectivity index is 1.57. The molecule has 0 radical (unpaired) electrons. The number of hydrogen-bond donors (Lipinski definition) is 1. The van der Waals surface area contributed by atoms with Crippen LogP contribution < -0.4 is 10.2 Å². The Morgan fingerprint density at radius 3 is 2.78 bits per heavy atom. The summed E-state index contributed by atoms with van der Waals surface area (Å²) in [5.41, 5.74) is 1.45. The summed E-state index contributed by atoms with van der Waals surface area (Å²) in [5.74, 6) is -0.147. The van der Waals surface area contributed by atoms with Gasteiger partial charge < -0.3 is 15.0 Å². The molecular weight excluding hydrogens is 297 g/mol. The normalized spacial score (nSPS) is 28.6. The Morgan fingerprint density at radius 2 is 2.00 bits per heavy atom. The molecule has 0 aliphatic carbocycles. The van der Waals surface area contributed by atoms with E-state index in [9.17, 15) is 9.18 Å². The second-order valence-electron chi connectivity index (χ2n) is 6.47. The van der Waals surface area contributed by atoms with Gasteiger partial charge in [-0.25, -0.2) is 4.39 Å². The van der Waals surface area contributed by atoms with E-state index >= 15 is 0 Å². The number of carbonyl (C=O) groups excluding carboxylic acids is 1. The maximum Gasteiger partial charge on any atom is 0.238 e. The zero-order chi connectivity index (χ0) is 15.8. The number of rotatable bonds is 2. The fourth-order valence-electron chi connectivity index (χ4n) is 3.89. The summed E-state index contributed by atoms with van der Waals surface area (Å²) in [5, 5.41) is 3.03. The van der Waals surface area contributed by atoms with Gasteiger partial charge in [0.1, 0.15) is 12.0 Å². The number of benzene rings is 1. The molecule has 3 heterocycles. The fourth-order valence-corrected chi connectivity index (χ4v) is 3.89. The van der Waals surface area contributed by atoms with Gasteiger partial charge in [0.15, 0.2) is 0 Å². The fraction of sp³-hybridized carbons (Fsp3) is 0.588. The first-order chi connectivity index (χ1) is 11.2. The third-order valence-electron chi connectivity index (χ3n) is 5.10. The first-order valence-corrected chi connectivity index (χ1v) is 8.42. The van der Waals surface area contributed by atoms with Crippen LogP contribution in [0.3, 0.4) is 0 Å². The number of piperidine rings is 1. The number of nitrogens with one attached hydrogen (secondary N) is 1. The number of carbonyl (C=O) groups is 1. The van der Waals surface area contributed by atoms with Crippen molar-refractivity contribution in [1.82, 2.24) is 10.2 Å². The number of amides is 1. The van der Waals surface area contributed by atoms with E-state index in [4.69, 9.17) is 4.74 Å². The van der Waals surface area contributed by atoms with Crippen molar-refractivity contribution in [2.24, 2.45) is 0 Å². The predicted molar refractivity (Wildman–Crippen MR) is 84.7 cm³/mol. The Kier molecular flexibility index (Phi) is 3.95. The van der Waals surface area contributed by atoms with E-state index in [1.165, 1.54) is 0 Å². The molecular formula is C17H22FN3O2. The molecule has 2 atom stereocenters. The van der Waals surface area contributed by atoms with Crippen molar-refractivity contribution in [2.45, 2.75) is 31.5 Å². The van der Waals surface area contributed by atoms with E-state index in [1.807, 2.05) is 17.0 Å². The minimum absolute atomic E-state index is 0.0456. The molecule has 0 spiro atoms. The highest BCUT2D eigenvalue weighted by Gasteiger charge is 2.41. The Morgan fingerprint density at radius 1 is 1.17 bits per heavy atom. The molecule has 4 rings (SSSR count). The van der Waals surface area contributed by atoms with Gasteiger partial charge in [-0.2, -0.15) is 0 Å². The highest BCUT2D eigenvalue weighted by atomic mass is 19.1. The van der Waals surface area contributed by atoms with Crippen LogP contribution in [0.25, 0.3) is 0 Å². The molecule has 3 fully saturated rings. The van der Waals surface area contributed by atoms with Crippen LogP contribution in [0.2, 0.25) is 0 Å². The number of ether oxygens (including phenoxy) is 1. The smallest absolute Gasteiger partial charge is 0.238 e. The molecule has 23 heavy (non-hydrogen) atoms. The van der Waals surface area contributed by atoms with Crippen molar-refractivity contribution < 1.29 is 13.9 Å². The minimum Gasteiger partial charge on any atom is -0.378 e. The SMILES string of the molecule is O=C1NC(c2ccc(N3CCOCC3)c(F)c2)N2CCCCC12. The lowest BCUT2D eigenvalue weighted by atomic mass is 10.0. The standard InChI is InChI=1S/C17H22FN3O2/c18-13-11-12(4-5-14(13)20-7-9-23-10-8-20)16-19-17(22)15-3-1-2-6-21(15)16/h4-5,11,15-16H,1-3,6-10H2,(H,19,22). The molecule has 2 unspecified atom stereocenters. The van der Waals surface area contributed by atoms with Gasteiger partial charge in [0.05, 0.1) is 24.9 Å². The van der Waals surface area contributed by atoms with Gasteiger partial charge in [-0.05, 0) is 30.5 Å². The Labute approximate surface area is 135 Å². The van der Waals surface area contributed by atoms with Crippen LogP contribution in [0.15, 0.2) is 18.2 Å². The van der Waals surface area contributed by atoms with Gasteiger partial charge >= 0.3 is 0 Å². The molecule has 124 valence electrons. The quantitative estimate of drug-likeness (QED) is 0.900. The lowest BCUT2D eigenvalue weighted by Gasteiger charge is -2.32. The average molecular weight is 319 g/mol. The lowest BCUT2D eigenvalue weighted by Crippen LogP contribution is -2.38. The van der Waals surface area contributed by atoms with Gasteiger partial charge in [0.2, 0.25) is 5.91 Å². The van der Waals surface area contributed by atoms with Gasteiger partial charge in [0.25, 0.3) is 0 Å². The van der Waals surface area contributed by atoms with Gasteiger partial charge in [0, 0.05) is 19.6 Å². The molecule has 3 saturated heterocycles. The summed E-state index contributed by atoms with van der Waals surface area (Å²) >= 11 is 0. The lowest BCUT2D eigenvalue weighted by molar-refractivity contribution is -0.122. The van der Waals surface area contributed by atoms with Gasteiger partial charge in [-0.3, -0.25) is 9.69 Å². The number of halogens is 1. The molecule has 1 N–H and O–H groups in total. The van der Waals surface area contributed by atoms with Crippen molar-refractivity contribution in [3.63, 3.8) is 0 Å². The van der Waals surface area contributed by atoms with E-state index in [1.54, 1.807) is 6.07 Å². The zero-order valence-corrected chi connectivity index (χ0v) is 13.1. The second kappa shape index (κ2) is 6.09. The van der Waals surface area contributed by atoms with Crippen LogP contribution in [0, 0.1) is 5.82 Å². The second-order valence-corrected chi connectivity index (χ2v) is 6.47. The third-order valence-corrected chi connectivity index (χ3v) is 5.10. The molecule has 3 aliphatic rings. The summed E-state index contributed by atoms with van der Waals surface area (Å²) in [4.78, 5) is 16.3. The van der Waals surface area contributed by atoms with Crippen LogP contribution in [0.5, 0.6) is 0 Å². The molecule has 5 nitrogen and oxygen atoms in total. The summed E-state index contributed by atoms with van der Waals surface area (Å²) in [6.07, 6.45) is 2.89. The topological polar surface area (TPSA) is 44.8 Å². The average Bonchev–Trinajstić information content (AvgIpc) is 2.93. The zero-order valence-electron chi connectivity index (χ0n) is 13.1. The summed E-state index contributed by atoms with van der Waals surface area (Å²) in [7, 11) is 0. The maximum atomic E-state index is 14.6. The van der Waals surface area contributed by atoms with Crippen molar-refractivity contribution in [3.8, 4) is 0 Å². The van der Waals surface area contributed by atoms with E-state index in [0.29, 0.717) is 32.0 Å². The van der Waals surface area contributed by atoms with Crippen LogP contribution in [0.1, 0.15) is 31.0 Å². The highest BCUT2D eigenvalue weighted by Crippen LogP contribution is 2.33. The third kappa shape index (κ3) is 2.70. The minimum atomic E-state index is -0.223. The first kappa shape index (κ1) is 14.9. The van der Waals surface area contributed by atoms with Gasteiger partial charge in [-0.1, -0.05) is 12.5 Å². The van der Waals surface area contributed by atoms with Crippen molar-refractivity contribution in [1.29, 1.82) is 0 Å². The molecule has 1 amide bonds. The highest BCUT2D eigenvalue weighted by molar-refractivity contribution is 5.84. The summed E-state index contributed by atoms with van der Waals surface area (Å²) < 4.78 is 19.9. The molecule has 3 aliphatic heterocycles. The van der Waals surface area contributed by atoms with Crippen molar-refractivity contribution >= 4 is 11.6 Å². The molecule has 0 aromatic heterocycles. The van der Waals surface area contributed by atoms with E-state index in [2.05, 4.69) is 10.2 Å². The number of anilines is 1.